The maximum atomic E-state index is 11.7. The highest BCUT2D eigenvalue weighted by molar-refractivity contribution is 5.97. The average molecular weight is 249 g/mol. The van der Waals surface area contributed by atoms with E-state index in [4.69, 9.17) is 0 Å². The number of rotatable bonds is 3. The molecule has 0 saturated carbocycles. The minimum Gasteiger partial charge on any atom is -0.374 e. The number of nitrogens with one attached hydrogen (secondary N) is 3. The second-order valence-corrected chi connectivity index (χ2v) is 4.18. The number of imide groups is 1. The van der Waals surface area contributed by atoms with Gasteiger partial charge in [0, 0.05) is 12.7 Å². The number of carbonyl (C=O) groups excluding carboxylic acids is 2. The largest absolute Gasteiger partial charge is 0.374 e. The molecule has 1 aromatic rings. The van der Waals surface area contributed by atoms with Crippen LogP contribution in [0.3, 0.4) is 0 Å². The van der Waals surface area contributed by atoms with E-state index >= 15 is 0 Å². The molecule has 0 aliphatic carbocycles. The van der Waals surface area contributed by atoms with E-state index in [1.54, 1.807) is 6.92 Å². The third kappa shape index (κ3) is 3.48. The number of hydrogen-bond donors (Lipinski definition) is 3. The SMILES string of the molecule is CNC(=O)NC(=O)[C@H](C)Nc1cccc(C)c1C. The van der Waals surface area contributed by atoms with Crippen LogP contribution in [0.15, 0.2) is 18.2 Å². The van der Waals surface area contributed by atoms with Crippen molar-refractivity contribution in [2.45, 2.75) is 26.8 Å². The van der Waals surface area contributed by atoms with Gasteiger partial charge in [0.2, 0.25) is 5.91 Å². The molecule has 1 atom stereocenters. The summed E-state index contributed by atoms with van der Waals surface area (Å²) in [5, 5.41) is 7.66. The normalized spacial score (nSPS) is 11.6. The zero-order valence-electron chi connectivity index (χ0n) is 11.1. The van der Waals surface area contributed by atoms with Crippen LogP contribution in [0.25, 0.3) is 0 Å². The Morgan fingerprint density at radius 2 is 1.89 bits per heavy atom. The molecule has 0 spiro atoms. The van der Waals surface area contributed by atoms with E-state index in [-0.39, 0.29) is 5.91 Å². The van der Waals surface area contributed by atoms with Gasteiger partial charge in [-0.05, 0) is 38.0 Å². The molecule has 5 heteroatoms. The smallest absolute Gasteiger partial charge is 0.321 e. The zero-order chi connectivity index (χ0) is 13.7. The Morgan fingerprint density at radius 3 is 2.50 bits per heavy atom. The maximum Gasteiger partial charge on any atom is 0.321 e. The predicted molar refractivity (Wildman–Crippen MR) is 71.6 cm³/mol. The molecule has 18 heavy (non-hydrogen) atoms. The minimum atomic E-state index is -0.505. The molecule has 98 valence electrons. The standard InChI is InChI=1S/C13H19N3O2/c1-8-6-5-7-11(9(8)2)15-10(3)12(17)16-13(18)14-4/h5-7,10,15H,1-4H3,(H2,14,16,17,18)/t10-/m0/s1. The van der Waals surface area contributed by atoms with Crippen molar-refractivity contribution in [2.75, 3.05) is 12.4 Å². The van der Waals surface area contributed by atoms with Crippen LogP contribution in [0.1, 0.15) is 18.1 Å². The van der Waals surface area contributed by atoms with Crippen molar-refractivity contribution in [3.8, 4) is 0 Å². The molecule has 0 saturated heterocycles. The highest BCUT2D eigenvalue weighted by Gasteiger charge is 2.15. The van der Waals surface area contributed by atoms with Gasteiger partial charge in [-0.2, -0.15) is 0 Å². The average Bonchev–Trinajstić information content (AvgIpc) is 2.34. The number of amides is 3. The highest BCUT2D eigenvalue weighted by atomic mass is 16.2. The summed E-state index contributed by atoms with van der Waals surface area (Å²) in [6.45, 7) is 5.71. The van der Waals surface area contributed by atoms with E-state index in [0.29, 0.717) is 0 Å². The summed E-state index contributed by atoms with van der Waals surface area (Å²) >= 11 is 0. The first-order chi connectivity index (χ1) is 8.45. The molecule has 3 N–H and O–H groups in total. The van der Waals surface area contributed by atoms with Crippen LogP contribution in [0.4, 0.5) is 10.5 Å². The van der Waals surface area contributed by atoms with Crippen LogP contribution in [0, 0.1) is 13.8 Å². The number of benzene rings is 1. The van der Waals surface area contributed by atoms with Crippen molar-refractivity contribution >= 4 is 17.6 Å². The molecular weight excluding hydrogens is 230 g/mol. The van der Waals surface area contributed by atoms with E-state index in [9.17, 15) is 9.59 Å². The van der Waals surface area contributed by atoms with Gasteiger partial charge in [-0.1, -0.05) is 12.1 Å². The van der Waals surface area contributed by atoms with Gasteiger partial charge < -0.3 is 10.6 Å². The molecule has 1 rings (SSSR count). The zero-order valence-corrected chi connectivity index (χ0v) is 11.1. The summed E-state index contributed by atoms with van der Waals surface area (Å²) in [5.74, 6) is -0.366. The second kappa shape index (κ2) is 6.05. The second-order valence-electron chi connectivity index (χ2n) is 4.18. The molecule has 0 aliphatic heterocycles. The molecule has 0 radical (unpaired) electrons. The van der Waals surface area contributed by atoms with Gasteiger partial charge in [0.1, 0.15) is 6.04 Å². The molecule has 0 aliphatic rings. The first-order valence-electron chi connectivity index (χ1n) is 5.81. The van der Waals surface area contributed by atoms with Crippen molar-refractivity contribution in [1.82, 2.24) is 10.6 Å². The third-order valence-corrected chi connectivity index (χ3v) is 2.83. The lowest BCUT2D eigenvalue weighted by Gasteiger charge is -2.17. The Labute approximate surface area is 107 Å². The predicted octanol–water partition coefficient (Wildman–Crippen LogP) is 1.56. The summed E-state index contributed by atoms with van der Waals surface area (Å²) in [6, 6.07) is 4.85. The van der Waals surface area contributed by atoms with Gasteiger partial charge in [-0.15, -0.1) is 0 Å². The summed E-state index contributed by atoms with van der Waals surface area (Å²) in [4.78, 5) is 22.7. The monoisotopic (exact) mass is 249 g/mol. The minimum absolute atomic E-state index is 0.366. The first-order valence-corrected chi connectivity index (χ1v) is 5.81. The van der Waals surface area contributed by atoms with Crippen molar-refractivity contribution in [1.29, 1.82) is 0 Å². The summed E-state index contributed by atoms with van der Waals surface area (Å²) in [7, 11) is 1.46. The van der Waals surface area contributed by atoms with Gasteiger partial charge in [0.15, 0.2) is 0 Å². The van der Waals surface area contributed by atoms with Crippen LogP contribution in [-0.4, -0.2) is 25.0 Å². The van der Waals surface area contributed by atoms with Crippen molar-refractivity contribution in [3.63, 3.8) is 0 Å². The fraction of sp³-hybridized carbons (Fsp3) is 0.385. The molecule has 0 heterocycles. The van der Waals surface area contributed by atoms with Crippen LogP contribution in [0.2, 0.25) is 0 Å². The number of aryl methyl sites for hydroxylation is 1. The molecule has 5 nitrogen and oxygen atoms in total. The number of hydrogen-bond acceptors (Lipinski definition) is 3. The van der Waals surface area contributed by atoms with Gasteiger partial charge in [-0.25, -0.2) is 4.79 Å². The van der Waals surface area contributed by atoms with Crippen molar-refractivity contribution < 1.29 is 9.59 Å². The van der Waals surface area contributed by atoms with Gasteiger partial charge in [-0.3, -0.25) is 10.1 Å². The topological polar surface area (TPSA) is 70.2 Å². The first kappa shape index (κ1) is 14.0. The van der Waals surface area contributed by atoms with Crippen LogP contribution in [-0.2, 0) is 4.79 Å². The number of carbonyl (C=O) groups is 2. The summed E-state index contributed by atoms with van der Waals surface area (Å²) < 4.78 is 0. The van der Waals surface area contributed by atoms with Crippen LogP contribution in [0.5, 0.6) is 0 Å². The van der Waals surface area contributed by atoms with E-state index in [2.05, 4.69) is 16.0 Å². The fourth-order valence-corrected chi connectivity index (χ4v) is 1.49. The quantitative estimate of drug-likeness (QED) is 0.761. The van der Waals surface area contributed by atoms with Gasteiger partial charge >= 0.3 is 6.03 Å². The fourth-order valence-electron chi connectivity index (χ4n) is 1.49. The van der Waals surface area contributed by atoms with E-state index in [1.807, 2.05) is 32.0 Å². The number of urea groups is 1. The molecule has 0 bridgehead atoms. The lowest BCUT2D eigenvalue weighted by atomic mass is 10.1. The van der Waals surface area contributed by atoms with E-state index in [0.717, 1.165) is 16.8 Å². The van der Waals surface area contributed by atoms with Crippen LogP contribution < -0.4 is 16.0 Å². The molecule has 0 unspecified atom stereocenters. The molecule has 0 fully saturated rings. The molecule has 1 aromatic carbocycles. The van der Waals surface area contributed by atoms with Crippen LogP contribution >= 0.6 is 0 Å². The lowest BCUT2D eigenvalue weighted by Crippen LogP contribution is -2.44. The Bertz CT molecular complexity index is 458. The van der Waals surface area contributed by atoms with Crippen molar-refractivity contribution in [2.24, 2.45) is 0 Å². The Kier molecular flexibility index (Phi) is 4.71. The number of anilines is 1. The molecule has 0 aromatic heterocycles. The summed E-state index contributed by atoms with van der Waals surface area (Å²) in [6.07, 6.45) is 0. The lowest BCUT2D eigenvalue weighted by molar-refractivity contribution is -0.120. The highest BCUT2D eigenvalue weighted by Crippen LogP contribution is 2.18. The van der Waals surface area contributed by atoms with Gasteiger partial charge in [0.25, 0.3) is 0 Å². The Hall–Kier alpha value is -2.04. The molecule has 3 amide bonds. The molecular formula is C13H19N3O2. The Morgan fingerprint density at radius 1 is 1.22 bits per heavy atom. The maximum absolute atomic E-state index is 11.7. The summed E-state index contributed by atoms with van der Waals surface area (Å²) in [5.41, 5.74) is 3.14. The Balaban J connectivity index is 2.69. The van der Waals surface area contributed by atoms with Crippen molar-refractivity contribution in [3.05, 3.63) is 29.3 Å². The third-order valence-electron chi connectivity index (χ3n) is 2.83. The van der Waals surface area contributed by atoms with E-state index in [1.165, 1.54) is 7.05 Å². The van der Waals surface area contributed by atoms with E-state index < -0.39 is 12.1 Å². The van der Waals surface area contributed by atoms with Gasteiger partial charge in [0.05, 0.1) is 0 Å².